The van der Waals surface area contributed by atoms with Crippen molar-refractivity contribution in [2.45, 2.75) is 25.4 Å². The van der Waals surface area contributed by atoms with Crippen LogP contribution in [0.1, 0.15) is 25.3 Å². The maximum absolute atomic E-state index is 5.53. The van der Waals surface area contributed by atoms with Crippen LogP contribution in [0.3, 0.4) is 0 Å². The van der Waals surface area contributed by atoms with Crippen LogP contribution in [-0.4, -0.2) is 11.5 Å². The van der Waals surface area contributed by atoms with Crippen molar-refractivity contribution < 1.29 is 4.74 Å². The van der Waals surface area contributed by atoms with E-state index < -0.39 is 5.60 Å². The van der Waals surface area contributed by atoms with Crippen molar-refractivity contribution >= 4 is 22.6 Å². The maximum atomic E-state index is 5.53. The van der Waals surface area contributed by atoms with E-state index in [1.165, 1.54) is 0 Å². The largest absolute Gasteiger partial charge is 0.362 e. The van der Waals surface area contributed by atoms with Crippen molar-refractivity contribution in [3.05, 3.63) is 35.9 Å². The van der Waals surface area contributed by atoms with Gasteiger partial charge < -0.3 is 4.74 Å². The van der Waals surface area contributed by atoms with Crippen LogP contribution in [0, 0.1) is 11.8 Å². The third-order valence-corrected chi connectivity index (χ3v) is 3.26. The minimum absolute atomic E-state index is 0.480. The summed E-state index contributed by atoms with van der Waals surface area (Å²) < 4.78 is 6.68. The van der Waals surface area contributed by atoms with E-state index in [9.17, 15) is 0 Å². The second kappa shape index (κ2) is 6.93. The number of hydrogen-bond donors (Lipinski definition) is 0. The minimum Gasteiger partial charge on any atom is -0.362 e. The van der Waals surface area contributed by atoms with E-state index in [2.05, 4.69) is 46.6 Å². The molecule has 1 aromatic carbocycles. The molecule has 0 saturated carbocycles. The molecule has 0 aliphatic heterocycles. The van der Waals surface area contributed by atoms with Crippen LogP contribution in [0.4, 0.5) is 0 Å². The fraction of sp³-hybridized carbons (Fsp3) is 0.429. The van der Waals surface area contributed by atoms with Gasteiger partial charge in [0.1, 0.15) is 0 Å². The molecule has 0 aromatic heterocycles. The normalized spacial score (nSPS) is 13.7. The van der Waals surface area contributed by atoms with E-state index in [0.717, 1.165) is 22.8 Å². The zero-order valence-electron chi connectivity index (χ0n) is 9.79. The lowest BCUT2D eigenvalue weighted by atomic mass is 9.96. The lowest BCUT2D eigenvalue weighted by Gasteiger charge is -2.22. The van der Waals surface area contributed by atoms with Gasteiger partial charge in [0.25, 0.3) is 0 Å². The fourth-order valence-electron chi connectivity index (χ4n) is 1.38. The topological polar surface area (TPSA) is 9.23 Å². The Labute approximate surface area is 112 Å². The van der Waals surface area contributed by atoms with Crippen molar-refractivity contribution in [2.24, 2.45) is 0 Å². The molecule has 0 bridgehead atoms. The summed E-state index contributed by atoms with van der Waals surface area (Å²) in [7, 11) is 1.71. The highest BCUT2D eigenvalue weighted by molar-refractivity contribution is 14.1. The molecule has 1 aromatic rings. The van der Waals surface area contributed by atoms with Gasteiger partial charge in [0, 0.05) is 18.0 Å². The zero-order chi connectivity index (χ0) is 11.9. The quantitative estimate of drug-likeness (QED) is 0.354. The fourth-order valence-corrected chi connectivity index (χ4v) is 1.77. The van der Waals surface area contributed by atoms with Crippen LogP contribution in [0.5, 0.6) is 0 Å². The van der Waals surface area contributed by atoms with E-state index in [1.807, 2.05) is 25.1 Å². The summed E-state index contributed by atoms with van der Waals surface area (Å²) in [5.74, 6) is 6.42. The number of alkyl halides is 1. The summed E-state index contributed by atoms with van der Waals surface area (Å²) in [6, 6.07) is 10.1. The molecule has 0 radical (unpaired) electrons. The molecule has 1 nitrogen and oxygen atoms in total. The molecule has 0 spiro atoms. The molecule has 0 N–H and O–H groups in total. The molecule has 16 heavy (non-hydrogen) atoms. The molecule has 0 heterocycles. The summed E-state index contributed by atoms with van der Waals surface area (Å²) in [5.41, 5.74) is 0.631. The second-order valence-electron chi connectivity index (χ2n) is 3.70. The highest BCUT2D eigenvalue weighted by Gasteiger charge is 2.22. The number of methoxy groups -OCH3 is 1. The lowest BCUT2D eigenvalue weighted by molar-refractivity contribution is 0.0551. The highest BCUT2D eigenvalue weighted by atomic mass is 127. The molecule has 0 amide bonds. The highest BCUT2D eigenvalue weighted by Crippen LogP contribution is 2.23. The smallest absolute Gasteiger partial charge is 0.150 e. The Hall–Kier alpha value is -0.530. The van der Waals surface area contributed by atoms with Gasteiger partial charge in [-0.05, 0) is 18.9 Å². The van der Waals surface area contributed by atoms with Crippen LogP contribution < -0.4 is 0 Å². The van der Waals surface area contributed by atoms with Crippen LogP contribution in [0.2, 0.25) is 0 Å². The van der Waals surface area contributed by atoms with E-state index in [-0.39, 0.29) is 0 Å². The Bertz CT molecular complexity index is 363. The Morgan fingerprint density at radius 2 is 2.00 bits per heavy atom. The summed E-state index contributed by atoms with van der Waals surface area (Å²) in [6.45, 7) is 2.01. The van der Waals surface area contributed by atoms with Crippen molar-refractivity contribution in [3.63, 3.8) is 0 Å². The first kappa shape index (κ1) is 13.5. The minimum atomic E-state index is -0.480. The summed E-state index contributed by atoms with van der Waals surface area (Å²) in [4.78, 5) is 0. The van der Waals surface area contributed by atoms with E-state index in [1.54, 1.807) is 7.11 Å². The van der Waals surface area contributed by atoms with Crippen LogP contribution in [-0.2, 0) is 10.3 Å². The van der Waals surface area contributed by atoms with Gasteiger partial charge in [-0.25, -0.2) is 0 Å². The Morgan fingerprint density at radius 3 is 2.56 bits per heavy atom. The van der Waals surface area contributed by atoms with Gasteiger partial charge in [0.2, 0.25) is 0 Å². The average molecular weight is 328 g/mol. The van der Waals surface area contributed by atoms with Crippen LogP contribution in [0.15, 0.2) is 30.3 Å². The van der Waals surface area contributed by atoms with E-state index in [4.69, 9.17) is 4.74 Å². The van der Waals surface area contributed by atoms with Crippen LogP contribution in [0.25, 0.3) is 0 Å². The van der Waals surface area contributed by atoms with Crippen molar-refractivity contribution in [2.75, 3.05) is 11.5 Å². The molecule has 1 atom stereocenters. The molecule has 0 saturated heterocycles. The average Bonchev–Trinajstić information content (AvgIpc) is 2.35. The molecule has 0 aliphatic carbocycles. The Balaban J connectivity index is 2.80. The van der Waals surface area contributed by atoms with Crippen molar-refractivity contribution in [1.29, 1.82) is 0 Å². The molecule has 2 heteroatoms. The molecular weight excluding hydrogens is 311 g/mol. The third kappa shape index (κ3) is 3.80. The van der Waals surface area contributed by atoms with Crippen molar-refractivity contribution in [1.82, 2.24) is 0 Å². The van der Waals surface area contributed by atoms with Gasteiger partial charge in [0.05, 0.1) is 0 Å². The molecule has 86 valence electrons. The second-order valence-corrected chi connectivity index (χ2v) is 4.78. The van der Waals surface area contributed by atoms with E-state index in [0.29, 0.717) is 0 Å². The molecule has 1 unspecified atom stereocenters. The standard InChI is InChI=1S/C14H17IO/c1-14(16-2,11-7-4-8-12-15)13-9-5-3-6-10-13/h3,5-6,9-10H,4,8,12H2,1-2H3. The Morgan fingerprint density at radius 1 is 1.31 bits per heavy atom. The number of benzene rings is 1. The van der Waals surface area contributed by atoms with Gasteiger partial charge in [-0.1, -0.05) is 64.8 Å². The molecule has 0 fully saturated rings. The monoisotopic (exact) mass is 328 g/mol. The lowest BCUT2D eigenvalue weighted by Crippen LogP contribution is -2.21. The zero-order valence-corrected chi connectivity index (χ0v) is 12.0. The molecule has 0 aliphatic rings. The first-order chi connectivity index (χ1) is 7.73. The number of hydrogen-bond acceptors (Lipinski definition) is 1. The summed E-state index contributed by atoms with van der Waals surface area (Å²) in [5, 5.41) is 0. The predicted molar refractivity (Wildman–Crippen MR) is 76.7 cm³/mol. The van der Waals surface area contributed by atoms with Gasteiger partial charge in [0.15, 0.2) is 5.60 Å². The Kier molecular flexibility index (Phi) is 5.86. The third-order valence-electron chi connectivity index (χ3n) is 2.50. The maximum Gasteiger partial charge on any atom is 0.150 e. The van der Waals surface area contributed by atoms with Gasteiger partial charge in [-0.2, -0.15) is 0 Å². The number of ether oxygens (including phenoxy) is 1. The first-order valence-electron chi connectivity index (χ1n) is 5.39. The molecule has 1 rings (SSSR count). The van der Waals surface area contributed by atoms with E-state index >= 15 is 0 Å². The first-order valence-corrected chi connectivity index (χ1v) is 6.92. The van der Waals surface area contributed by atoms with Gasteiger partial charge >= 0.3 is 0 Å². The SMILES string of the molecule is COC(C)(C#CCCCI)c1ccccc1. The van der Waals surface area contributed by atoms with Gasteiger partial charge in [-0.15, -0.1) is 0 Å². The number of unbranched alkanes of at least 4 members (excludes halogenated alkanes) is 1. The number of halogens is 1. The predicted octanol–water partition coefficient (Wildman–Crippen LogP) is 3.77. The van der Waals surface area contributed by atoms with Crippen LogP contribution >= 0.6 is 22.6 Å². The van der Waals surface area contributed by atoms with Gasteiger partial charge in [-0.3, -0.25) is 0 Å². The summed E-state index contributed by atoms with van der Waals surface area (Å²) >= 11 is 2.37. The summed E-state index contributed by atoms with van der Waals surface area (Å²) in [6.07, 6.45) is 2.08. The number of rotatable bonds is 4. The molecular formula is C14H17IO. The van der Waals surface area contributed by atoms with Crippen molar-refractivity contribution in [3.8, 4) is 11.8 Å².